The van der Waals surface area contributed by atoms with Crippen molar-refractivity contribution < 1.29 is 57.5 Å². The van der Waals surface area contributed by atoms with Crippen molar-refractivity contribution in [2.45, 2.75) is 57.7 Å². The first-order chi connectivity index (χ1) is 23.2. The normalized spacial score (nSPS) is 14.5. The number of nitrogens with zero attached hydrogens (tertiary/aromatic N) is 4. The van der Waals surface area contributed by atoms with Gasteiger partial charge in [0.15, 0.2) is 15.6 Å². The monoisotopic (exact) mass is 740 g/mol. The van der Waals surface area contributed by atoms with Gasteiger partial charge in [0.2, 0.25) is 5.95 Å². The van der Waals surface area contributed by atoms with Gasteiger partial charge < -0.3 is 9.64 Å². The topological polar surface area (TPSA) is 92.7 Å². The first-order valence-corrected chi connectivity index (χ1v) is 17.4. The summed E-state index contributed by atoms with van der Waals surface area (Å²) in [7, 11) is -3.42. The van der Waals surface area contributed by atoms with Crippen LogP contribution in [-0.2, 0) is 34.9 Å². The molecule has 1 aromatic heterocycles. The van der Waals surface area contributed by atoms with Crippen LogP contribution >= 0.6 is 0 Å². The second kappa shape index (κ2) is 15.0. The van der Waals surface area contributed by atoms with Crippen molar-refractivity contribution in [2.24, 2.45) is 5.92 Å². The number of alkyl halides is 9. The highest BCUT2D eigenvalue weighted by Crippen LogP contribution is 2.38. The number of hydrogen-bond acceptors (Lipinski definition) is 7. The van der Waals surface area contributed by atoms with Gasteiger partial charge in [-0.1, -0.05) is 12.8 Å². The first-order valence-electron chi connectivity index (χ1n) is 15.3. The van der Waals surface area contributed by atoms with Crippen molar-refractivity contribution in [1.82, 2.24) is 9.97 Å². The van der Waals surface area contributed by atoms with E-state index in [-0.39, 0.29) is 53.5 Å². The first kappa shape index (κ1) is 38.7. The maximum Gasteiger partial charge on any atom is 0.416 e. The molecule has 1 amide bonds. The lowest BCUT2D eigenvalue weighted by Gasteiger charge is -2.31. The molecule has 18 heteroatoms. The average Bonchev–Trinajstić information content (AvgIpc) is 3.54. The molecule has 1 fully saturated rings. The van der Waals surface area contributed by atoms with Crippen LogP contribution in [0.4, 0.5) is 51.1 Å². The van der Waals surface area contributed by atoms with Crippen molar-refractivity contribution in [2.75, 3.05) is 41.5 Å². The van der Waals surface area contributed by atoms with Crippen LogP contribution in [0.1, 0.15) is 65.2 Å². The second-order valence-corrected chi connectivity index (χ2v) is 14.2. The van der Waals surface area contributed by atoms with E-state index in [1.54, 1.807) is 11.8 Å². The molecule has 0 spiro atoms. The standard InChI is InChI=1S/C32H33F9N4O4S/c1-3-44(18-20-6-4-5-7-20)27-9-8-23(30(33,34)35)14-22(27)19-45(29-42-16-26(17-43-29)49-10-11-50(2,47)48)28(46)21-12-24(31(36,37)38)15-25(13-21)32(39,40)41/h8-9,12-17,20H,3-7,10-11,18-19H2,1-2H3. The van der Waals surface area contributed by atoms with Crippen molar-refractivity contribution in [1.29, 1.82) is 0 Å². The third kappa shape index (κ3) is 10.2. The molecule has 0 N–H and O–H groups in total. The minimum Gasteiger partial charge on any atom is -0.489 e. The molecule has 1 aliphatic carbocycles. The van der Waals surface area contributed by atoms with Crippen molar-refractivity contribution in [3.05, 3.63) is 76.6 Å². The lowest BCUT2D eigenvalue weighted by Crippen LogP contribution is -2.35. The van der Waals surface area contributed by atoms with E-state index in [0.29, 0.717) is 18.0 Å². The van der Waals surface area contributed by atoms with Gasteiger partial charge in [0.1, 0.15) is 6.61 Å². The Morgan fingerprint density at radius 2 is 1.42 bits per heavy atom. The van der Waals surface area contributed by atoms with E-state index in [9.17, 15) is 52.7 Å². The minimum absolute atomic E-state index is 0.100. The highest BCUT2D eigenvalue weighted by atomic mass is 32.2. The molecular formula is C32H33F9N4O4S. The van der Waals surface area contributed by atoms with Crippen LogP contribution in [0.3, 0.4) is 0 Å². The van der Waals surface area contributed by atoms with Crippen LogP contribution in [0.2, 0.25) is 0 Å². The smallest absolute Gasteiger partial charge is 0.416 e. The molecule has 1 saturated carbocycles. The summed E-state index contributed by atoms with van der Waals surface area (Å²) < 4.78 is 152. The van der Waals surface area contributed by atoms with Crippen LogP contribution in [0.25, 0.3) is 0 Å². The average molecular weight is 741 g/mol. The van der Waals surface area contributed by atoms with Crippen LogP contribution in [0.15, 0.2) is 48.8 Å². The van der Waals surface area contributed by atoms with Gasteiger partial charge in [0.05, 0.1) is 41.4 Å². The number of aromatic nitrogens is 2. The summed E-state index contributed by atoms with van der Waals surface area (Å²) in [5, 5.41) is 0. The number of rotatable bonds is 12. The van der Waals surface area contributed by atoms with Crippen molar-refractivity contribution in [3.63, 3.8) is 0 Å². The predicted molar refractivity (Wildman–Crippen MR) is 165 cm³/mol. The highest BCUT2D eigenvalue weighted by molar-refractivity contribution is 7.90. The fraction of sp³-hybridized carbons (Fsp3) is 0.469. The van der Waals surface area contributed by atoms with Crippen molar-refractivity contribution in [3.8, 4) is 5.75 Å². The minimum atomic E-state index is -5.29. The molecule has 0 saturated heterocycles. The highest BCUT2D eigenvalue weighted by Gasteiger charge is 2.39. The SMILES string of the molecule is CCN(CC1CCCC1)c1ccc(C(F)(F)F)cc1CN(C(=O)c1cc(C(F)(F)F)cc(C(F)(F)F)c1)c1ncc(OCCS(C)(=O)=O)cn1. The quantitative estimate of drug-likeness (QED) is 0.175. The molecule has 0 radical (unpaired) electrons. The largest absolute Gasteiger partial charge is 0.489 e. The summed E-state index contributed by atoms with van der Waals surface area (Å²) in [4.78, 5) is 24.3. The summed E-state index contributed by atoms with van der Waals surface area (Å²) in [5.41, 5.74) is -5.58. The lowest BCUT2D eigenvalue weighted by molar-refractivity contribution is -0.143. The number of sulfone groups is 1. The molecule has 4 rings (SSSR count). The summed E-state index contributed by atoms with van der Waals surface area (Å²) >= 11 is 0. The van der Waals surface area contributed by atoms with Gasteiger partial charge in [0.25, 0.3) is 5.91 Å². The number of amides is 1. The zero-order chi connectivity index (χ0) is 37.1. The van der Waals surface area contributed by atoms with E-state index in [2.05, 4.69) is 9.97 Å². The molecule has 1 aliphatic rings. The maximum atomic E-state index is 14.0. The molecule has 0 unspecified atom stereocenters. The molecule has 3 aromatic rings. The molecule has 274 valence electrons. The van der Waals surface area contributed by atoms with Gasteiger partial charge >= 0.3 is 18.5 Å². The number of benzene rings is 2. The molecule has 0 bridgehead atoms. The molecule has 1 heterocycles. The van der Waals surface area contributed by atoms with Gasteiger partial charge in [-0.15, -0.1) is 0 Å². The number of carbonyl (C=O) groups is 1. The molecular weight excluding hydrogens is 707 g/mol. The number of anilines is 2. The Bertz CT molecular complexity index is 1720. The van der Waals surface area contributed by atoms with E-state index >= 15 is 0 Å². The van der Waals surface area contributed by atoms with E-state index < -0.39 is 69.0 Å². The number of ether oxygens (including phenoxy) is 1. The Kier molecular flexibility index (Phi) is 11.6. The van der Waals surface area contributed by atoms with Crippen LogP contribution in [-0.4, -0.2) is 56.0 Å². The van der Waals surface area contributed by atoms with Crippen LogP contribution < -0.4 is 14.5 Å². The fourth-order valence-corrected chi connectivity index (χ4v) is 5.96. The van der Waals surface area contributed by atoms with Gasteiger partial charge in [-0.05, 0) is 67.6 Å². The molecule has 8 nitrogen and oxygen atoms in total. The molecule has 0 atom stereocenters. The Labute approximate surface area is 282 Å². The summed E-state index contributed by atoms with van der Waals surface area (Å²) in [6.45, 7) is 1.45. The number of hydrogen-bond donors (Lipinski definition) is 0. The molecule has 0 aliphatic heterocycles. The lowest BCUT2D eigenvalue weighted by atomic mass is 10.0. The predicted octanol–water partition coefficient (Wildman–Crippen LogP) is 7.82. The van der Waals surface area contributed by atoms with Gasteiger partial charge in [-0.3, -0.25) is 9.69 Å². The zero-order valence-corrected chi connectivity index (χ0v) is 27.6. The number of carbonyl (C=O) groups excluding carboxylic acids is 1. The van der Waals surface area contributed by atoms with Gasteiger partial charge in [-0.2, -0.15) is 39.5 Å². The number of halogens is 9. The Morgan fingerprint density at radius 1 is 0.860 bits per heavy atom. The third-order valence-electron chi connectivity index (χ3n) is 8.07. The molecule has 2 aromatic carbocycles. The third-order valence-corrected chi connectivity index (χ3v) is 8.98. The Morgan fingerprint density at radius 3 is 1.92 bits per heavy atom. The summed E-state index contributed by atoms with van der Waals surface area (Å²) in [6.07, 6.45) is -8.77. The van der Waals surface area contributed by atoms with Gasteiger partial charge in [0, 0.05) is 30.6 Å². The van der Waals surface area contributed by atoms with Crippen LogP contribution in [0.5, 0.6) is 5.75 Å². The molecule has 50 heavy (non-hydrogen) atoms. The summed E-state index contributed by atoms with van der Waals surface area (Å²) in [5.74, 6) is -2.30. The fourth-order valence-electron chi connectivity index (χ4n) is 5.57. The van der Waals surface area contributed by atoms with E-state index in [1.807, 2.05) is 0 Å². The van der Waals surface area contributed by atoms with Gasteiger partial charge in [-0.25, -0.2) is 18.4 Å². The summed E-state index contributed by atoms with van der Waals surface area (Å²) in [6, 6.07) is 3.09. The second-order valence-electron chi connectivity index (χ2n) is 11.9. The maximum absolute atomic E-state index is 14.0. The Hall–Kier alpha value is -4.09. The van der Waals surface area contributed by atoms with E-state index in [4.69, 9.17) is 4.74 Å². The van der Waals surface area contributed by atoms with Crippen molar-refractivity contribution >= 4 is 27.4 Å². The van der Waals surface area contributed by atoms with E-state index in [1.165, 1.54) is 6.07 Å². The van der Waals surface area contributed by atoms with Crippen LogP contribution in [0, 0.1) is 5.92 Å². The zero-order valence-electron chi connectivity index (χ0n) is 26.8. The van der Waals surface area contributed by atoms with E-state index in [0.717, 1.165) is 56.5 Å². The Balaban J connectivity index is 1.85.